The second-order valence-corrected chi connectivity index (χ2v) is 8.62. The lowest BCUT2D eigenvalue weighted by molar-refractivity contribution is -0.00965. The zero-order valence-electron chi connectivity index (χ0n) is 11.1. The standard InChI is InChI=1S/C13H25NOS/c1-5-11-13(8-6-7-9-13)10-14(11)16(15)12(2,3)4/h11H,5-10H2,1-4H3/t11?,16-/m1/s1. The van der Waals surface area contributed by atoms with Crippen molar-refractivity contribution in [2.24, 2.45) is 5.41 Å². The van der Waals surface area contributed by atoms with Gasteiger partial charge >= 0.3 is 0 Å². The maximum atomic E-state index is 12.4. The number of hydrogen-bond acceptors (Lipinski definition) is 2. The molecule has 1 aliphatic heterocycles. The molecule has 2 nitrogen and oxygen atoms in total. The van der Waals surface area contributed by atoms with E-state index in [4.69, 9.17) is 0 Å². The third-order valence-corrected chi connectivity index (χ3v) is 6.11. The highest BCUT2D eigenvalue weighted by Crippen LogP contribution is 2.53. The van der Waals surface area contributed by atoms with E-state index in [1.54, 1.807) is 0 Å². The third kappa shape index (κ3) is 1.91. The molecule has 1 saturated carbocycles. The van der Waals surface area contributed by atoms with E-state index in [0.29, 0.717) is 11.5 Å². The maximum Gasteiger partial charge on any atom is 0.137 e. The third-order valence-electron chi connectivity index (χ3n) is 4.25. The van der Waals surface area contributed by atoms with Crippen LogP contribution in [0.1, 0.15) is 59.8 Å². The summed E-state index contributed by atoms with van der Waals surface area (Å²) in [6.45, 7) is 9.56. The minimum Gasteiger partial charge on any atom is -0.597 e. The van der Waals surface area contributed by atoms with Gasteiger partial charge in [-0.1, -0.05) is 19.8 Å². The first-order chi connectivity index (χ1) is 7.41. The van der Waals surface area contributed by atoms with Crippen molar-refractivity contribution in [3.63, 3.8) is 0 Å². The molecule has 0 radical (unpaired) electrons. The zero-order chi connectivity index (χ0) is 12.0. The Morgan fingerprint density at radius 1 is 1.31 bits per heavy atom. The number of nitrogens with zero attached hydrogens (tertiary/aromatic N) is 1. The van der Waals surface area contributed by atoms with Gasteiger partial charge in [0.25, 0.3) is 0 Å². The minimum absolute atomic E-state index is 0.104. The highest BCUT2D eigenvalue weighted by Gasteiger charge is 2.58. The molecule has 0 bridgehead atoms. The van der Waals surface area contributed by atoms with Crippen molar-refractivity contribution in [1.82, 2.24) is 4.31 Å². The molecular formula is C13H25NOS. The van der Waals surface area contributed by atoms with Crippen LogP contribution in [0.2, 0.25) is 0 Å². The molecule has 0 aromatic carbocycles. The lowest BCUT2D eigenvalue weighted by Gasteiger charge is -2.55. The second-order valence-electron chi connectivity index (χ2n) is 6.43. The van der Waals surface area contributed by atoms with E-state index in [2.05, 4.69) is 32.0 Å². The monoisotopic (exact) mass is 243 g/mol. The number of hydrogen-bond donors (Lipinski definition) is 0. The van der Waals surface area contributed by atoms with E-state index in [-0.39, 0.29) is 4.75 Å². The van der Waals surface area contributed by atoms with Crippen molar-refractivity contribution in [3.05, 3.63) is 0 Å². The van der Waals surface area contributed by atoms with Gasteiger partial charge in [0.2, 0.25) is 0 Å². The SMILES string of the molecule is CCC1N([S@+]([O-])C(C)(C)C)CC12CCCC2. The van der Waals surface area contributed by atoms with Crippen molar-refractivity contribution in [3.8, 4) is 0 Å². The first-order valence-electron chi connectivity index (χ1n) is 6.59. The maximum absolute atomic E-state index is 12.4. The van der Waals surface area contributed by atoms with Crippen LogP contribution in [0.5, 0.6) is 0 Å². The number of rotatable bonds is 2. The molecule has 94 valence electrons. The predicted molar refractivity (Wildman–Crippen MR) is 69.6 cm³/mol. The van der Waals surface area contributed by atoms with Crippen LogP contribution < -0.4 is 0 Å². The van der Waals surface area contributed by atoms with Crippen LogP contribution in [0.3, 0.4) is 0 Å². The summed E-state index contributed by atoms with van der Waals surface area (Å²) in [6, 6.07) is 0.579. The summed E-state index contributed by atoms with van der Waals surface area (Å²) in [5, 5.41) is 0. The van der Waals surface area contributed by atoms with Gasteiger partial charge in [-0.25, -0.2) is 0 Å². The fraction of sp³-hybridized carbons (Fsp3) is 1.00. The van der Waals surface area contributed by atoms with Crippen LogP contribution in [-0.4, -0.2) is 26.2 Å². The van der Waals surface area contributed by atoms with Crippen LogP contribution in [-0.2, 0) is 11.4 Å². The summed E-state index contributed by atoms with van der Waals surface area (Å²) in [6.07, 6.45) is 6.65. The van der Waals surface area contributed by atoms with Gasteiger partial charge in [0.05, 0.1) is 12.6 Å². The molecule has 2 rings (SSSR count). The van der Waals surface area contributed by atoms with Crippen molar-refractivity contribution in [2.75, 3.05) is 6.54 Å². The molecule has 2 aliphatic rings. The van der Waals surface area contributed by atoms with Crippen molar-refractivity contribution in [2.45, 2.75) is 70.6 Å². The first-order valence-corrected chi connectivity index (χ1v) is 7.70. The zero-order valence-corrected chi connectivity index (χ0v) is 11.9. The molecule has 1 aliphatic carbocycles. The summed E-state index contributed by atoms with van der Waals surface area (Å²) in [4.78, 5) is 0. The molecule has 1 spiro atoms. The smallest absolute Gasteiger partial charge is 0.137 e. The molecule has 2 fully saturated rings. The largest absolute Gasteiger partial charge is 0.597 e. The van der Waals surface area contributed by atoms with Gasteiger partial charge < -0.3 is 4.55 Å². The molecule has 0 aromatic heterocycles. The second kappa shape index (κ2) is 4.18. The summed E-state index contributed by atoms with van der Waals surface area (Å²) in [5.74, 6) is 0. The van der Waals surface area contributed by atoms with Crippen molar-refractivity contribution >= 4 is 11.4 Å². The minimum atomic E-state index is -0.814. The van der Waals surface area contributed by atoms with Gasteiger partial charge in [-0.15, -0.1) is 4.31 Å². The van der Waals surface area contributed by atoms with Gasteiger partial charge in [0.15, 0.2) is 0 Å². The molecule has 3 heteroatoms. The van der Waals surface area contributed by atoms with Crippen LogP contribution in [0.4, 0.5) is 0 Å². The molecule has 1 saturated heterocycles. The average molecular weight is 243 g/mol. The van der Waals surface area contributed by atoms with Crippen LogP contribution in [0, 0.1) is 5.41 Å². The van der Waals surface area contributed by atoms with Crippen molar-refractivity contribution in [1.29, 1.82) is 0 Å². The molecule has 1 heterocycles. The molecule has 1 unspecified atom stereocenters. The van der Waals surface area contributed by atoms with Crippen LogP contribution in [0.25, 0.3) is 0 Å². The normalized spacial score (nSPS) is 31.7. The Hall–Kier alpha value is 0.270. The van der Waals surface area contributed by atoms with E-state index in [1.165, 1.54) is 25.7 Å². The Morgan fingerprint density at radius 3 is 2.31 bits per heavy atom. The van der Waals surface area contributed by atoms with E-state index in [0.717, 1.165) is 13.0 Å². The van der Waals surface area contributed by atoms with Gasteiger partial charge in [0.1, 0.15) is 4.75 Å². The Bertz CT molecular complexity index is 255. The molecule has 0 aromatic rings. The topological polar surface area (TPSA) is 26.3 Å². The highest BCUT2D eigenvalue weighted by atomic mass is 32.2. The van der Waals surface area contributed by atoms with E-state index >= 15 is 0 Å². The van der Waals surface area contributed by atoms with Gasteiger partial charge in [-0.05, 0) is 40.0 Å². The lowest BCUT2D eigenvalue weighted by atomic mass is 9.71. The summed E-state index contributed by atoms with van der Waals surface area (Å²) in [5.41, 5.74) is 0.537. The Labute approximate surface area is 103 Å². The van der Waals surface area contributed by atoms with E-state index in [9.17, 15) is 4.55 Å². The molecule has 2 atom stereocenters. The van der Waals surface area contributed by atoms with Crippen LogP contribution >= 0.6 is 0 Å². The highest BCUT2D eigenvalue weighted by molar-refractivity contribution is 7.90. The average Bonchev–Trinajstić information content (AvgIpc) is 2.63. The fourth-order valence-corrected chi connectivity index (χ4v) is 5.13. The molecule has 0 N–H and O–H groups in total. The predicted octanol–water partition coefficient (Wildman–Crippen LogP) is 3.10. The Kier molecular flexibility index (Phi) is 3.32. The van der Waals surface area contributed by atoms with Gasteiger partial charge in [-0.2, -0.15) is 0 Å². The fourth-order valence-electron chi connectivity index (χ4n) is 3.45. The van der Waals surface area contributed by atoms with Gasteiger partial charge in [0, 0.05) is 16.8 Å². The van der Waals surface area contributed by atoms with E-state index in [1.807, 2.05) is 0 Å². The Balaban J connectivity index is 2.05. The lowest BCUT2D eigenvalue weighted by Crippen LogP contribution is -2.67. The van der Waals surface area contributed by atoms with Crippen molar-refractivity contribution < 1.29 is 4.55 Å². The Morgan fingerprint density at radius 2 is 1.88 bits per heavy atom. The molecule has 16 heavy (non-hydrogen) atoms. The first kappa shape index (κ1) is 12.7. The summed E-state index contributed by atoms with van der Waals surface area (Å²) < 4.78 is 14.5. The molecule has 0 amide bonds. The quantitative estimate of drug-likeness (QED) is 0.697. The van der Waals surface area contributed by atoms with Gasteiger partial charge in [-0.3, -0.25) is 0 Å². The molecular weight excluding hydrogens is 218 g/mol. The van der Waals surface area contributed by atoms with Crippen LogP contribution in [0.15, 0.2) is 0 Å². The van der Waals surface area contributed by atoms with E-state index < -0.39 is 11.4 Å². The summed E-state index contributed by atoms with van der Waals surface area (Å²) >= 11 is -0.814. The summed E-state index contributed by atoms with van der Waals surface area (Å²) in [7, 11) is 0.